The van der Waals surface area contributed by atoms with Crippen molar-refractivity contribution in [3.8, 4) is 28.7 Å². The molecule has 0 aliphatic carbocycles. The molecule has 236 valence electrons. The van der Waals surface area contributed by atoms with Crippen molar-refractivity contribution in [1.29, 1.82) is 5.26 Å². The molecule has 1 aromatic heterocycles. The Morgan fingerprint density at radius 2 is 1.20 bits per heavy atom. The fourth-order valence-electron chi connectivity index (χ4n) is 5.80. The van der Waals surface area contributed by atoms with E-state index in [4.69, 9.17) is 19.7 Å². The molecule has 0 amide bonds. The summed E-state index contributed by atoms with van der Waals surface area (Å²) in [5.41, 5.74) is 2.56. The monoisotopic (exact) mass is 644 g/mol. The number of benzene rings is 6. The molecule has 0 radical (unpaired) electrons. The molecular weight excluding hydrogens is 618 g/mol. The number of halogens is 2. The van der Waals surface area contributed by atoms with E-state index in [0.717, 1.165) is 34.2 Å². The lowest BCUT2D eigenvalue weighted by Crippen LogP contribution is -2.37. The van der Waals surface area contributed by atoms with E-state index in [1.807, 2.05) is 97.1 Å². The van der Waals surface area contributed by atoms with Gasteiger partial charge in [-0.25, -0.2) is 18.6 Å². The number of fused-ring (bicyclic) bond motifs is 1. The molecule has 0 aliphatic rings. The summed E-state index contributed by atoms with van der Waals surface area (Å²) in [5.74, 6) is -1.73. The zero-order valence-electron chi connectivity index (χ0n) is 25.9. The van der Waals surface area contributed by atoms with Crippen molar-refractivity contribution < 1.29 is 23.0 Å². The van der Waals surface area contributed by atoms with E-state index in [1.165, 1.54) is 18.2 Å². The Labute approximate surface area is 281 Å². The van der Waals surface area contributed by atoms with E-state index in [1.54, 1.807) is 36.4 Å². The number of pyridine rings is 1. The van der Waals surface area contributed by atoms with E-state index in [0.29, 0.717) is 22.6 Å². The highest BCUT2D eigenvalue weighted by molar-refractivity contribution is 5.91. The molecule has 0 fully saturated rings. The molecule has 1 heterocycles. The van der Waals surface area contributed by atoms with E-state index in [9.17, 15) is 13.6 Å². The summed E-state index contributed by atoms with van der Waals surface area (Å²) in [7, 11) is 0. The third kappa shape index (κ3) is 6.11. The highest BCUT2D eigenvalue weighted by Crippen LogP contribution is 2.41. The van der Waals surface area contributed by atoms with Gasteiger partial charge in [-0.15, -0.1) is 0 Å². The Balaban J connectivity index is 1.18. The average molecular weight is 645 g/mol. The van der Waals surface area contributed by atoms with Gasteiger partial charge in [0.25, 0.3) is 0 Å². The second kappa shape index (κ2) is 13.2. The number of hydrogen-bond acceptors (Lipinski definition) is 5. The number of carbonyl (C=O) groups is 1. The van der Waals surface area contributed by atoms with Crippen LogP contribution in [0.5, 0.6) is 11.5 Å². The standard InChI is InChI=1S/C42H26F2N2O3/c43-37-25-31(26-38(44)36(37)27-45)28-15-20-34(21-16-28)48-41(47)30-17-22-35(23-18-30)49-42(32-10-3-1-4-11-32,33-12-5-2-6-13-33)40-24-19-29-9-7-8-14-39(29)46-40/h1-26H. The van der Waals surface area contributed by atoms with Crippen molar-refractivity contribution in [2.75, 3.05) is 0 Å². The first-order valence-electron chi connectivity index (χ1n) is 15.4. The summed E-state index contributed by atoms with van der Waals surface area (Å²) in [6.07, 6.45) is 0. The van der Waals surface area contributed by atoms with E-state index < -0.39 is 28.8 Å². The van der Waals surface area contributed by atoms with Gasteiger partial charge in [-0.3, -0.25) is 0 Å². The first kappa shape index (κ1) is 31.0. The third-order valence-electron chi connectivity index (χ3n) is 8.23. The van der Waals surface area contributed by atoms with Gasteiger partial charge in [0, 0.05) is 16.5 Å². The van der Waals surface area contributed by atoms with Gasteiger partial charge in [-0.2, -0.15) is 5.26 Å². The van der Waals surface area contributed by atoms with Crippen LogP contribution in [0.4, 0.5) is 8.78 Å². The normalized spacial score (nSPS) is 11.1. The molecule has 0 saturated carbocycles. The molecule has 5 nitrogen and oxygen atoms in total. The number of hydrogen-bond donors (Lipinski definition) is 0. The number of nitriles is 1. The quantitative estimate of drug-likeness (QED) is 0.122. The van der Waals surface area contributed by atoms with Crippen LogP contribution in [0.2, 0.25) is 0 Å². The smallest absolute Gasteiger partial charge is 0.343 e. The van der Waals surface area contributed by atoms with Gasteiger partial charge < -0.3 is 9.47 Å². The summed E-state index contributed by atoms with van der Waals surface area (Å²) >= 11 is 0. The van der Waals surface area contributed by atoms with Gasteiger partial charge in [0.1, 0.15) is 34.8 Å². The third-order valence-corrected chi connectivity index (χ3v) is 8.23. The van der Waals surface area contributed by atoms with Gasteiger partial charge >= 0.3 is 5.97 Å². The summed E-state index contributed by atoms with van der Waals surface area (Å²) in [4.78, 5) is 18.2. The zero-order valence-corrected chi connectivity index (χ0v) is 25.9. The van der Waals surface area contributed by atoms with Gasteiger partial charge in [-0.05, 0) is 71.8 Å². The summed E-state index contributed by atoms with van der Waals surface area (Å²) in [5, 5.41) is 9.94. The van der Waals surface area contributed by atoms with Gasteiger partial charge in [0.05, 0.1) is 16.8 Å². The minimum atomic E-state index is -1.13. The van der Waals surface area contributed by atoms with Crippen LogP contribution < -0.4 is 9.47 Å². The summed E-state index contributed by atoms with van der Waals surface area (Å²) in [6, 6.07) is 48.3. The van der Waals surface area contributed by atoms with Crippen LogP contribution >= 0.6 is 0 Å². The molecule has 0 bridgehead atoms. The number of esters is 1. The van der Waals surface area contributed by atoms with Crippen LogP contribution in [0.15, 0.2) is 158 Å². The van der Waals surface area contributed by atoms with Gasteiger partial charge in [0.15, 0.2) is 0 Å². The maximum atomic E-state index is 14.1. The Morgan fingerprint density at radius 1 is 0.633 bits per heavy atom. The van der Waals surface area contributed by atoms with Crippen molar-refractivity contribution in [1.82, 2.24) is 4.98 Å². The molecule has 0 N–H and O–H groups in total. The molecule has 7 rings (SSSR count). The zero-order chi connectivity index (χ0) is 33.8. The first-order valence-corrected chi connectivity index (χ1v) is 15.4. The predicted molar refractivity (Wildman–Crippen MR) is 183 cm³/mol. The van der Waals surface area contributed by atoms with E-state index >= 15 is 0 Å². The Bertz CT molecular complexity index is 2260. The van der Waals surface area contributed by atoms with Crippen LogP contribution in [-0.2, 0) is 5.60 Å². The molecule has 0 spiro atoms. The molecule has 0 atom stereocenters. The Morgan fingerprint density at radius 3 is 1.82 bits per heavy atom. The van der Waals surface area contributed by atoms with Crippen LogP contribution in [0.25, 0.3) is 22.0 Å². The van der Waals surface area contributed by atoms with Crippen LogP contribution in [0.3, 0.4) is 0 Å². The van der Waals surface area contributed by atoms with Crippen molar-refractivity contribution in [3.05, 3.63) is 197 Å². The molecular formula is C42H26F2N2O3. The highest BCUT2D eigenvalue weighted by atomic mass is 19.1. The number of para-hydroxylation sites is 1. The molecule has 6 aromatic carbocycles. The van der Waals surface area contributed by atoms with Crippen molar-refractivity contribution in [3.63, 3.8) is 0 Å². The lowest BCUT2D eigenvalue weighted by atomic mass is 9.82. The molecule has 0 aliphatic heterocycles. The van der Waals surface area contributed by atoms with Crippen molar-refractivity contribution in [2.24, 2.45) is 0 Å². The number of nitrogens with zero attached hydrogens (tertiary/aromatic N) is 2. The average Bonchev–Trinajstić information content (AvgIpc) is 3.15. The second-order valence-corrected chi connectivity index (χ2v) is 11.3. The van der Waals surface area contributed by atoms with Crippen LogP contribution in [0, 0.1) is 23.0 Å². The summed E-state index contributed by atoms with van der Waals surface area (Å²) in [6.45, 7) is 0. The maximum absolute atomic E-state index is 14.1. The predicted octanol–water partition coefficient (Wildman–Crippen LogP) is 9.64. The number of carbonyl (C=O) groups excluding carboxylic acids is 1. The maximum Gasteiger partial charge on any atom is 0.343 e. The largest absolute Gasteiger partial charge is 0.471 e. The lowest BCUT2D eigenvalue weighted by Gasteiger charge is -2.35. The molecule has 7 aromatic rings. The fraction of sp³-hybridized carbons (Fsp3) is 0.0238. The number of ether oxygens (including phenoxy) is 2. The molecule has 49 heavy (non-hydrogen) atoms. The summed E-state index contributed by atoms with van der Waals surface area (Å²) < 4.78 is 40.8. The van der Waals surface area contributed by atoms with Crippen LogP contribution in [0.1, 0.15) is 32.7 Å². The fourth-order valence-corrected chi connectivity index (χ4v) is 5.80. The van der Waals surface area contributed by atoms with E-state index in [-0.39, 0.29) is 11.3 Å². The number of aromatic nitrogens is 1. The minimum absolute atomic E-state index is 0.248. The molecule has 0 saturated heterocycles. The lowest BCUT2D eigenvalue weighted by molar-refractivity contribution is 0.0734. The molecule has 7 heteroatoms. The number of rotatable bonds is 8. The van der Waals surface area contributed by atoms with E-state index in [2.05, 4.69) is 0 Å². The van der Waals surface area contributed by atoms with Crippen molar-refractivity contribution in [2.45, 2.75) is 5.60 Å². The van der Waals surface area contributed by atoms with Gasteiger partial charge in [0.2, 0.25) is 5.60 Å². The Hall–Kier alpha value is -6.65. The minimum Gasteiger partial charge on any atom is -0.471 e. The molecule has 0 unspecified atom stereocenters. The Kier molecular flexibility index (Phi) is 8.36. The highest BCUT2D eigenvalue weighted by Gasteiger charge is 2.40. The topological polar surface area (TPSA) is 72.2 Å². The van der Waals surface area contributed by atoms with Crippen LogP contribution in [-0.4, -0.2) is 11.0 Å². The van der Waals surface area contributed by atoms with Gasteiger partial charge in [-0.1, -0.05) is 97.1 Å². The van der Waals surface area contributed by atoms with Crippen molar-refractivity contribution >= 4 is 16.9 Å². The SMILES string of the molecule is N#Cc1c(F)cc(-c2ccc(OC(=O)c3ccc(OC(c4ccccc4)(c4ccccc4)c4ccc5ccccc5n4)cc3)cc2)cc1F. The second-order valence-electron chi connectivity index (χ2n) is 11.3. The first-order chi connectivity index (χ1) is 23.9.